The van der Waals surface area contributed by atoms with Gasteiger partial charge in [-0.15, -0.1) is 24.0 Å². The molecule has 1 saturated heterocycles. The van der Waals surface area contributed by atoms with Crippen LogP contribution in [0.4, 0.5) is 0 Å². The van der Waals surface area contributed by atoms with Crippen LogP contribution in [0.2, 0.25) is 0 Å². The fourth-order valence-corrected chi connectivity index (χ4v) is 2.91. The van der Waals surface area contributed by atoms with Gasteiger partial charge in [-0.2, -0.15) is 0 Å². The van der Waals surface area contributed by atoms with Gasteiger partial charge in [0.25, 0.3) is 0 Å². The third-order valence-electron chi connectivity index (χ3n) is 4.51. The van der Waals surface area contributed by atoms with E-state index in [1.807, 2.05) is 0 Å². The van der Waals surface area contributed by atoms with Crippen molar-refractivity contribution in [2.24, 2.45) is 10.9 Å². The highest BCUT2D eigenvalue weighted by Gasteiger charge is 2.30. The average Bonchev–Trinajstić information content (AvgIpc) is 2.44. The topological polar surface area (TPSA) is 60.0 Å². The Hall–Kier alpha value is -0.570. The van der Waals surface area contributed by atoms with Crippen LogP contribution in [0.1, 0.15) is 33.1 Å². The summed E-state index contributed by atoms with van der Waals surface area (Å²) in [6.45, 7) is 9.80. The molecule has 1 amide bonds. The number of nitrogens with zero attached hydrogens (tertiary/aromatic N) is 3. The predicted octanol–water partition coefficient (Wildman–Crippen LogP) is 1.12. The number of carbonyl (C=O) groups is 1. The molecule has 2 N–H and O–H groups in total. The number of guanidine groups is 1. The molecule has 0 aromatic heterocycles. The fraction of sp³-hybridized carbons (Fsp3) is 0.875. The average molecular weight is 437 g/mol. The Labute approximate surface area is 157 Å². The first-order chi connectivity index (χ1) is 10.6. The third-order valence-corrected chi connectivity index (χ3v) is 4.51. The van der Waals surface area contributed by atoms with Crippen molar-refractivity contribution in [3.63, 3.8) is 0 Å². The summed E-state index contributed by atoms with van der Waals surface area (Å²) in [5.41, 5.74) is 0. The highest BCUT2D eigenvalue weighted by Crippen LogP contribution is 2.28. The van der Waals surface area contributed by atoms with E-state index in [0.717, 1.165) is 58.1 Å². The Morgan fingerprint density at radius 2 is 1.87 bits per heavy atom. The van der Waals surface area contributed by atoms with E-state index in [1.54, 1.807) is 7.05 Å². The normalized spacial score (nSPS) is 20.0. The summed E-state index contributed by atoms with van der Waals surface area (Å²) >= 11 is 0. The van der Waals surface area contributed by atoms with Gasteiger partial charge in [0.2, 0.25) is 5.91 Å². The molecular weight excluding hydrogens is 405 g/mol. The van der Waals surface area contributed by atoms with Crippen molar-refractivity contribution < 1.29 is 4.79 Å². The summed E-state index contributed by atoms with van der Waals surface area (Å²) in [5.74, 6) is 1.58. The van der Waals surface area contributed by atoms with Crippen LogP contribution in [0.25, 0.3) is 0 Å². The highest BCUT2D eigenvalue weighted by atomic mass is 127. The number of carbonyl (C=O) groups excluding carboxylic acids is 1. The van der Waals surface area contributed by atoms with Gasteiger partial charge in [0, 0.05) is 58.3 Å². The van der Waals surface area contributed by atoms with Crippen molar-refractivity contribution >= 4 is 35.8 Å². The van der Waals surface area contributed by atoms with E-state index in [1.165, 1.54) is 6.42 Å². The molecule has 0 aromatic carbocycles. The molecule has 2 fully saturated rings. The van der Waals surface area contributed by atoms with E-state index in [-0.39, 0.29) is 24.0 Å². The molecule has 1 aliphatic heterocycles. The lowest BCUT2D eigenvalue weighted by atomic mass is 9.84. The molecule has 2 aliphatic rings. The smallest absolute Gasteiger partial charge is 0.225 e. The molecule has 1 aliphatic carbocycles. The molecule has 134 valence electrons. The Morgan fingerprint density at radius 3 is 2.35 bits per heavy atom. The lowest BCUT2D eigenvalue weighted by Crippen LogP contribution is -2.52. The van der Waals surface area contributed by atoms with Gasteiger partial charge in [0.15, 0.2) is 5.96 Å². The standard InChI is InChI=1S/C16H31N5O.HI/c1-13(2)19-16(17-3)18-7-8-20-9-11-21(12-10-20)15(22)14-5-4-6-14;/h13-14H,4-12H2,1-3H3,(H2,17,18,19);1H. The molecule has 6 nitrogen and oxygen atoms in total. The molecule has 0 unspecified atom stereocenters. The number of rotatable bonds is 5. The van der Waals surface area contributed by atoms with E-state index < -0.39 is 0 Å². The summed E-state index contributed by atoms with van der Waals surface area (Å²) in [7, 11) is 1.79. The van der Waals surface area contributed by atoms with Crippen molar-refractivity contribution in [1.29, 1.82) is 0 Å². The second kappa shape index (κ2) is 10.3. The lowest BCUT2D eigenvalue weighted by Gasteiger charge is -2.38. The summed E-state index contributed by atoms with van der Waals surface area (Å²) in [4.78, 5) is 20.9. The minimum atomic E-state index is 0. The van der Waals surface area contributed by atoms with Gasteiger partial charge in [0.05, 0.1) is 0 Å². The van der Waals surface area contributed by atoms with Crippen LogP contribution in [-0.4, -0.2) is 74.0 Å². The summed E-state index contributed by atoms with van der Waals surface area (Å²) < 4.78 is 0. The van der Waals surface area contributed by atoms with Crippen molar-refractivity contribution in [2.45, 2.75) is 39.2 Å². The van der Waals surface area contributed by atoms with Crippen LogP contribution in [0, 0.1) is 5.92 Å². The SMILES string of the molecule is CN=C(NCCN1CCN(C(=O)C2CCC2)CC1)NC(C)C.I. The van der Waals surface area contributed by atoms with Crippen LogP contribution < -0.4 is 10.6 Å². The van der Waals surface area contributed by atoms with Gasteiger partial charge in [-0.1, -0.05) is 6.42 Å². The van der Waals surface area contributed by atoms with E-state index in [4.69, 9.17) is 0 Å². The van der Waals surface area contributed by atoms with E-state index in [9.17, 15) is 4.79 Å². The minimum Gasteiger partial charge on any atom is -0.355 e. The molecule has 1 saturated carbocycles. The van der Waals surface area contributed by atoms with E-state index in [0.29, 0.717) is 17.9 Å². The number of amides is 1. The first-order valence-corrected chi connectivity index (χ1v) is 8.58. The second-order valence-electron chi connectivity index (χ2n) is 6.59. The summed E-state index contributed by atoms with van der Waals surface area (Å²) in [6, 6.07) is 0.382. The van der Waals surface area contributed by atoms with Crippen LogP contribution >= 0.6 is 24.0 Å². The quantitative estimate of drug-likeness (QED) is 0.385. The maximum absolute atomic E-state index is 12.2. The Balaban J connectivity index is 0.00000264. The van der Waals surface area contributed by atoms with Crippen LogP contribution in [0.3, 0.4) is 0 Å². The predicted molar refractivity (Wildman–Crippen MR) is 105 cm³/mol. The maximum Gasteiger partial charge on any atom is 0.225 e. The van der Waals surface area contributed by atoms with Crippen LogP contribution in [-0.2, 0) is 4.79 Å². The lowest BCUT2D eigenvalue weighted by molar-refractivity contribution is -0.139. The Morgan fingerprint density at radius 1 is 1.22 bits per heavy atom. The largest absolute Gasteiger partial charge is 0.355 e. The zero-order chi connectivity index (χ0) is 15.9. The molecule has 0 spiro atoms. The number of hydrogen-bond acceptors (Lipinski definition) is 3. The van der Waals surface area contributed by atoms with Crippen LogP contribution in [0.5, 0.6) is 0 Å². The number of hydrogen-bond donors (Lipinski definition) is 2. The van der Waals surface area contributed by atoms with Gasteiger partial charge < -0.3 is 15.5 Å². The Kier molecular flexibility index (Phi) is 9.19. The molecule has 0 aromatic rings. The van der Waals surface area contributed by atoms with E-state index >= 15 is 0 Å². The maximum atomic E-state index is 12.2. The van der Waals surface area contributed by atoms with Crippen molar-refractivity contribution in [2.75, 3.05) is 46.3 Å². The second-order valence-corrected chi connectivity index (χ2v) is 6.59. The number of piperazine rings is 1. The monoisotopic (exact) mass is 437 g/mol. The molecule has 2 rings (SSSR count). The number of halogens is 1. The molecule has 23 heavy (non-hydrogen) atoms. The number of aliphatic imine (C=N–C) groups is 1. The minimum absolute atomic E-state index is 0. The molecule has 7 heteroatoms. The molecule has 1 heterocycles. The van der Waals surface area contributed by atoms with Gasteiger partial charge >= 0.3 is 0 Å². The first kappa shape index (κ1) is 20.5. The number of nitrogens with one attached hydrogen (secondary N) is 2. The van der Waals surface area contributed by atoms with Gasteiger partial charge in [-0.3, -0.25) is 14.7 Å². The Bertz CT molecular complexity index is 390. The molecule has 0 bridgehead atoms. The van der Waals surface area contributed by atoms with Crippen molar-refractivity contribution in [3.8, 4) is 0 Å². The summed E-state index contributed by atoms with van der Waals surface area (Å²) in [5, 5.41) is 6.62. The van der Waals surface area contributed by atoms with Crippen LogP contribution in [0.15, 0.2) is 4.99 Å². The van der Waals surface area contributed by atoms with Crippen molar-refractivity contribution in [3.05, 3.63) is 0 Å². The van der Waals surface area contributed by atoms with Gasteiger partial charge in [0.1, 0.15) is 0 Å². The summed E-state index contributed by atoms with van der Waals surface area (Å²) in [6.07, 6.45) is 3.43. The molecule has 0 atom stereocenters. The third kappa shape index (κ3) is 6.45. The van der Waals surface area contributed by atoms with Gasteiger partial charge in [-0.25, -0.2) is 0 Å². The fourth-order valence-electron chi connectivity index (χ4n) is 2.91. The van der Waals surface area contributed by atoms with E-state index in [2.05, 4.69) is 39.3 Å². The zero-order valence-corrected chi connectivity index (χ0v) is 17.0. The van der Waals surface area contributed by atoms with Crippen molar-refractivity contribution in [1.82, 2.24) is 20.4 Å². The zero-order valence-electron chi connectivity index (χ0n) is 14.7. The highest BCUT2D eigenvalue weighted by molar-refractivity contribution is 14.0. The first-order valence-electron chi connectivity index (χ1n) is 8.58. The molecule has 0 radical (unpaired) electrons. The van der Waals surface area contributed by atoms with Gasteiger partial charge in [-0.05, 0) is 26.7 Å². The molecular formula is C16H32IN5O.